The number of anilines is 1. The number of rotatable bonds is 3. The van der Waals surface area contributed by atoms with Crippen molar-refractivity contribution in [2.24, 2.45) is 0 Å². The summed E-state index contributed by atoms with van der Waals surface area (Å²) in [4.78, 5) is 11.9. The quantitative estimate of drug-likeness (QED) is 0.889. The van der Waals surface area contributed by atoms with Gasteiger partial charge in [0.15, 0.2) is 5.76 Å². The smallest absolute Gasteiger partial charge is 0.319 e. The zero-order chi connectivity index (χ0) is 13.8. The molecule has 1 atom stereocenters. The highest BCUT2D eigenvalue weighted by Gasteiger charge is 2.14. The zero-order valence-corrected chi connectivity index (χ0v) is 11.2. The molecule has 0 aliphatic carbocycles. The molecular formula is C14H17N3O2. The van der Waals surface area contributed by atoms with Crippen LogP contribution < -0.4 is 10.6 Å². The second-order valence-electron chi connectivity index (χ2n) is 4.43. The summed E-state index contributed by atoms with van der Waals surface area (Å²) in [5.74, 6) is 0.597. The van der Waals surface area contributed by atoms with E-state index in [9.17, 15) is 4.79 Å². The third-order valence-electron chi connectivity index (χ3n) is 2.92. The molecule has 2 amide bonds. The largest absolute Gasteiger partial charge is 0.359 e. The van der Waals surface area contributed by atoms with E-state index in [1.54, 1.807) is 13.8 Å². The van der Waals surface area contributed by atoms with Crippen LogP contribution in [0.4, 0.5) is 10.5 Å². The lowest BCUT2D eigenvalue weighted by molar-refractivity contribution is 0.249. The van der Waals surface area contributed by atoms with E-state index in [1.165, 1.54) is 0 Å². The SMILES string of the molecule is Cc1noc(C)c1NC(=O)N[C@@H](C)c1ccccc1. The lowest BCUT2D eigenvalue weighted by atomic mass is 10.1. The Morgan fingerprint density at radius 2 is 1.95 bits per heavy atom. The van der Waals surface area contributed by atoms with Gasteiger partial charge in [-0.1, -0.05) is 35.5 Å². The summed E-state index contributed by atoms with van der Waals surface area (Å²) >= 11 is 0. The molecule has 0 aliphatic rings. The average molecular weight is 259 g/mol. The summed E-state index contributed by atoms with van der Waals surface area (Å²) < 4.78 is 4.99. The van der Waals surface area contributed by atoms with Gasteiger partial charge in [0, 0.05) is 0 Å². The molecule has 100 valence electrons. The van der Waals surface area contributed by atoms with Crippen LogP contribution in [-0.2, 0) is 0 Å². The molecule has 2 aromatic rings. The summed E-state index contributed by atoms with van der Waals surface area (Å²) in [6.45, 7) is 5.48. The van der Waals surface area contributed by atoms with Crippen LogP contribution >= 0.6 is 0 Å². The topological polar surface area (TPSA) is 67.2 Å². The Balaban J connectivity index is 1.99. The third-order valence-corrected chi connectivity index (χ3v) is 2.92. The van der Waals surface area contributed by atoms with E-state index in [1.807, 2.05) is 37.3 Å². The van der Waals surface area contributed by atoms with E-state index in [-0.39, 0.29) is 12.1 Å². The van der Waals surface area contributed by atoms with Gasteiger partial charge >= 0.3 is 6.03 Å². The molecule has 2 N–H and O–H groups in total. The number of carbonyl (C=O) groups is 1. The molecule has 0 spiro atoms. The van der Waals surface area contributed by atoms with Crippen molar-refractivity contribution in [2.75, 3.05) is 5.32 Å². The summed E-state index contributed by atoms with van der Waals surface area (Å²) in [5, 5.41) is 9.41. The highest BCUT2D eigenvalue weighted by Crippen LogP contribution is 2.19. The Hall–Kier alpha value is -2.30. The second-order valence-corrected chi connectivity index (χ2v) is 4.43. The second kappa shape index (κ2) is 5.56. The van der Waals surface area contributed by atoms with Crippen molar-refractivity contribution in [1.29, 1.82) is 0 Å². The van der Waals surface area contributed by atoms with Crippen molar-refractivity contribution in [3.63, 3.8) is 0 Å². The Morgan fingerprint density at radius 3 is 2.53 bits per heavy atom. The minimum Gasteiger partial charge on any atom is -0.359 e. The fraction of sp³-hybridized carbons (Fsp3) is 0.286. The summed E-state index contributed by atoms with van der Waals surface area (Å²) in [5.41, 5.74) is 2.34. The number of nitrogens with one attached hydrogen (secondary N) is 2. The first-order valence-corrected chi connectivity index (χ1v) is 6.13. The van der Waals surface area contributed by atoms with E-state index in [0.29, 0.717) is 17.1 Å². The molecule has 5 nitrogen and oxygen atoms in total. The molecule has 0 bridgehead atoms. The predicted molar refractivity (Wildman–Crippen MR) is 73.0 cm³/mol. The van der Waals surface area contributed by atoms with Crippen molar-refractivity contribution in [1.82, 2.24) is 10.5 Å². The lowest BCUT2D eigenvalue weighted by Gasteiger charge is -2.14. The molecule has 5 heteroatoms. The molecule has 0 fully saturated rings. The number of urea groups is 1. The fourth-order valence-electron chi connectivity index (χ4n) is 1.83. The van der Waals surface area contributed by atoms with Gasteiger partial charge in [-0.3, -0.25) is 0 Å². The highest BCUT2D eigenvalue weighted by atomic mass is 16.5. The van der Waals surface area contributed by atoms with Crippen molar-refractivity contribution >= 4 is 11.7 Å². The molecular weight excluding hydrogens is 242 g/mol. The van der Waals surface area contributed by atoms with Gasteiger partial charge in [-0.15, -0.1) is 0 Å². The van der Waals surface area contributed by atoms with Crippen LogP contribution in [0.25, 0.3) is 0 Å². The standard InChI is InChI=1S/C14H17N3O2/c1-9(12-7-5-4-6-8-12)15-14(18)16-13-10(2)17-19-11(13)3/h4-9H,1-3H3,(H2,15,16,18)/t9-/m0/s1. The molecule has 1 aromatic heterocycles. The maximum atomic E-state index is 11.9. The van der Waals surface area contributed by atoms with Crippen LogP contribution in [0.1, 0.15) is 30.0 Å². The van der Waals surface area contributed by atoms with Crippen molar-refractivity contribution < 1.29 is 9.32 Å². The van der Waals surface area contributed by atoms with Crippen LogP contribution in [0.3, 0.4) is 0 Å². The molecule has 0 saturated carbocycles. The first kappa shape index (κ1) is 13.1. The molecule has 19 heavy (non-hydrogen) atoms. The average Bonchev–Trinajstić information content (AvgIpc) is 2.71. The number of amides is 2. The van der Waals surface area contributed by atoms with Gasteiger partial charge in [0.1, 0.15) is 11.4 Å². The number of nitrogens with zero attached hydrogens (tertiary/aromatic N) is 1. The van der Waals surface area contributed by atoms with Gasteiger partial charge in [-0.05, 0) is 26.3 Å². The molecule has 0 aliphatic heterocycles. The van der Waals surface area contributed by atoms with E-state index in [4.69, 9.17) is 4.52 Å². The van der Waals surface area contributed by atoms with Gasteiger partial charge in [-0.2, -0.15) is 0 Å². The number of benzene rings is 1. The third kappa shape index (κ3) is 3.13. The van der Waals surface area contributed by atoms with Gasteiger partial charge in [-0.25, -0.2) is 4.79 Å². The van der Waals surface area contributed by atoms with Gasteiger partial charge in [0.2, 0.25) is 0 Å². The minimum atomic E-state index is -0.272. The summed E-state index contributed by atoms with van der Waals surface area (Å²) in [6, 6.07) is 9.44. The Bertz CT molecular complexity index is 544. The maximum absolute atomic E-state index is 11.9. The van der Waals surface area contributed by atoms with Crippen molar-refractivity contribution in [3.8, 4) is 0 Å². The molecule has 0 radical (unpaired) electrons. The predicted octanol–water partition coefficient (Wildman–Crippen LogP) is 3.17. The Morgan fingerprint density at radius 1 is 1.26 bits per heavy atom. The summed E-state index contributed by atoms with van der Waals surface area (Å²) in [6.07, 6.45) is 0. The minimum absolute atomic E-state index is 0.0679. The maximum Gasteiger partial charge on any atom is 0.319 e. The van der Waals surface area contributed by atoms with Crippen LogP contribution in [0.5, 0.6) is 0 Å². The first-order chi connectivity index (χ1) is 9.08. The number of hydrogen-bond donors (Lipinski definition) is 2. The van der Waals surface area contributed by atoms with Gasteiger partial charge in [0.25, 0.3) is 0 Å². The molecule has 0 saturated heterocycles. The molecule has 1 aromatic carbocycles. The number of carbonyl (C=O) groups excluding carboxylic acids is 1. The Kier molecular flexibility index (Phi) is 3.85. The van der Waals surface area contributed by atoms with Crippen LogP contribution in [0.15, 0.2) is 34.9 Å². The number of aryl methyl sites for hydroxylation is 2. The summed E-state index contributed by atoms with van der Waals surface area (Å²) in [7, 11) is 0. The number of hydrogen-bond acceptors (Lipinski definition) is 3. The molecule has 1 heterocycles. The van der Waals surface area contributed by atoms with E-state index in [2.05, 4.69) is 15.8 Å². The van der Waals surface area contributed by atoms with Crippen molar-refractivity contribution in [3.05, 3.63) is 47.3 Å². The van der Waals surface area contributed by atoms with E-state index >= 15 is 0 Å². The lowest BCUT2D eigenvalue weighted by Crippen LogP contribution is -2.31. The van der Waals surface area contributed by atoms with E-state index < -0.39 is 0 Å². The van der Waals surface area contributed by atoms with Gasteiger partial charge in [0.05, 0.1) is 6.04 Å². The van der Waals surface area contributed by atoms with Crippen LogP contribution in [0.2, 0.25) is 0 Å². The zero-order valence-electron chi connectivity index (χ0n) is 11.2. The number of aromatic nitrogens is 1. The van der Waals surface area contributed by atoms with Crippen molar-refractivity contribution in [2.45, 2.75) is 26.8 Å². The molecule has 2 rings (SSSR count). The van der Waals surface area contributed by atoms with Crippen LogP contribution in [-0.4, -0.2) is 11.2 Å². The van der Waals surface area contributed by atoms with Crippen LogP contribution in [0, 0.1) is 13.8 Å². The van der Waals surface area contributed by atoms with E-state index in [0.717, 1.165) is 5.56 Å². The highest BCUT2D eigenvalue weighted by molar-refractivity contribution is 5.90. The normalized spacial score (nSPS) is 11.9. The Labute approximate surface area is 112 Å². The molecule has 0 unspecified atom stereocenters. The van der Waals surface area contributed by atoms with Gasteiger partial charge < -0.3 is 15.2 Å². The monoisotopic (exact) mass is 259 g/mol. The first-order valence-electron chi connectivity index (χ1n) is 6.13. The fourth-order valence-corrected chi connectivity index (χ4v) is 1.83.